The number of rotatable bonds is 7. The third-order valence-corrected chi connectivity index (χ3v) is 3.00. The number of hydrogen-bond donors (Lipinski definition) is 2. The van der Waals surface area contributed by atoms with Crippen LogP contribution >= 0.6 is 23.2 Å². The van der Waals surface area contributed by atoms with Gasteiger partial charge in [-0.3, -0.25) is 0 Å². The van der Waals surface area contributed by atoms with Gasteiger partial charge in [0.15, 0.2) is 0 Å². The highest BCUT2D eigenvalue weighted by atomic mass is 35.5. The lowest BCUT2D eigenvalue weighted by Gasteiger charge is -2.08. The molecule has 0 amide bonds. The average Bonchev–Trinajstić information content (AvgIpc) is 2.28. The Morgan fingerprint density at radius 1 is 1.06 bits per heavy atom. The van der Waals surface area contributed by atoms with Gasteiger partial charge in [-0.15, -0.1) is 0 Å². The van der Waals surface area contributed by atoms with Gasteiger partial charge in [0, 0.05) is 18.8 Å². The highest BCUT2D eigenvalue weighted by molar-refractivity contribution is 6.42. The Balaban J connectivity index is 2.19. The predicted octanol–water partition coefficient (Wildman–Crippen LogP) is 3.80. The summed E-state index contributed by atoms with van der Waals surface area (Å²) in [6.45, 7) is 5.12. The summed E-state index contributed by atoms with van der Waals surface area (Å²) in [7, 11) is 0. The lowest BCUT2D eigenvalue weighted by molar-refractivity contribution is 0.652. The van der Waals surface area contributed by atoms with Crippen molar-refractivity contribution in [3.05, 3.63) is 28.2 Å². The van der Waals surface area contributed by atoms with Crippen LogP contribution in [-0.4, -0.2) is 19.6 Å². The SMILES string of the molecule is CCCCNCCNc1ccc(Cl)c(Cl)c1. The molecule has 0 heterocycles. The summed E-state index contributed by atoms with van der Waals surface area (Å²) < 4.78 is 0. The van der Waals surface area contributed by atoms with Crippen LogP contribution in [0.15, 0.2) is 18.2 Å². The molecule has 1 rings (SSSR count). The molecule has 0 aliphatic carbocycles. The van der Waals surface area contributed by atoms with E-state index in [1.807, 2.05) is 12.1 Å². The molecule has 0 aliphatic heterocycles. The minimum atomic E-state index is 0.589. The molecule has 1 aromatic rings. The number of nitrogens with one attached hydrogen (secondary N) is 2. The molecule has 0 aliphatic rings. The van der Waals surface area contributed by atoms with E-state index in [4.69, 9.17) is 23.2 Å². The van der Waals surface area contributed by atoms with Crippen LogP contribution in [-0.2, 0) is 0 Å². The predicted molar refractivity (Wildman–Crippen MR) is 72.7 cm³/mol. The van der Waals surface area contributed by atoms with E-state index in [0.717, 1.165) is 25.3 Å². The van der Waals surface area contributed by atoms with Crippen LogP contribution in [0.4, 0.5) is 5.69 Å². The minimum Gasteiger partial charge on any atom is -0.384 e. The van der Waals surface area contributed by atoms with Crippen molar-refractivity contribution in [3.63, 3.8) is 0 Å². The zero-order valence-electron chi connectivity index (χ0n) is 9.52. The second-order valence-electron chi connectivity index (χ2n) is 3.66. The van der Waals surface area contributed by atoms with E-state index in [2.05, 4.69) is 17.6 Å². The third-order valence-electron chi connectivity index (χ3n) is 2.26. The Kier molecular flexibility index (Phi) is 6.62. The van der Waals surface area contributed by atoms with Crippen molar-refractivity contribution in [2.24, 2.45) is 0 Å². The Labute approximate surface area is 107 Å². The molecule has 0 saturated carbocycles. The molecule has 4 heteroatoms. The first-order valence-electron chi connectivity index (χ1n) is 5.63. The average molecular weight is 261 g/mol. The second kappa shape index (κ2) is 7.77. The molecule has 0 saturated heterocycles. The van der Waals surface area contributed by atoms with Crippen LogP contribution in [0.5, 0.6) is 0 Å². The quantitative estimate of drug-likeness (QED) is 0.729. The van der Waals surface area contributed by atoms with Gasteiger partial charge in [-0.2, -0.15) is 0 Å². The van der Waals surface area contributed by atoms with Gasteiger partial charge in [0.1, 0.15) is 0 Å². The van der Waals surface area contributed by atoms with Crippen molar-refractivity contribution in [3.8, 4) is 0 Å². The second-order valence-corrected chi connectivity index (χ2v) is 4.47. The van der Waals surface area contributed by atoms with Gasteiger partial charge in [0.2, 0.25) is 0 Å². The van der Waals surface area contributed by atoms with Crippen LogP contribution in [0.3, 0.4) is 0 Å². The van der Waals surface area contributed by atoms with Crippen LogP contribution in [0.25, 0.3) is 0 Å². The van der Waals surface area contributed by atoms with E-state index < -0.39 is 0 Å². The van der Waals surface area contributed by atoms with Crippen LogP contribution in [0, 0.1) is 0 Å². The molecule has 0 unspecified atom stereocenters. The molecule has 0 spiro atoms. The minimum absolute atomic E-state index is 0.589. The zero-order chi connectivity index (χ0) is 11.8. The zero-order valence-corrected chi connectivity index (χ0v) is 11.0. The Morgan fingerprint density at radius 2 is 1.88 bits per heavy atom. The molecule has 16 heavy (non-hydrogen) atoms. The van der Waals surface area contributed by atoms with Gasteiger partial charge in [-0.05, 0) is 31.2 Å². The van der Waals surface area contributed by atoms with Gasteiger partial charge in [0.25, 0.3) is 0 Å². The fourth-order valence-electron chi connectivity index (χ4n) is 1.33. The summed E-state index contributed by atoms with van der Waals surface area (Å²) in [5, 5.41) is 7.82. The molecule has 2 N–H and O–H groups in total. The first-order chi connectivity index (χ1) is 7.74. The number of anilines is 1. The summed E-state index contributed by atoms with van der Waals surface area (Å²) in [4.78, 5) is 0. The van der Waals surface area contributed by atoms with Crippen LogP contribution in [0.2, 0.25) is 10.0 Å². The standard InChI is InChI=1S/C12H18Cl2N2/c1-2-3-6-15-7-8-16-10-4-5-11(13)12(14)9-10/h4-5,9,15-16H,2-3,6-8H2,1H3. The van der Waals surface area contributed by atoms with E-state index in [1.54, 1.807) is 6.07 Å². The number of halogens is 2. The lowest BCUT2D eigenvalue weighted by atomic mass is 10.3. The molecule has 1 aromatic carbocycles. The van der Waals surface area contributed by atoms with Crippen molar-refractivity contribution in [2.45, 2.75) is 19.8 Å². The van der Waals surface area contributed by atoms with Crippen molar-refractivity contribution in [1.29, 1.82) is 0 Å². The third kappa shape index (κ3) is 5.06. The first-order valence-corrected chi connectivity index (χ1v) is 6.39. The van der Waals surface area contributed by atoms with E-state index in [1.165, 1.54) is 12.8 Å². The molecule has 2 nitrogen and oxygen atoms in total. The molecular formula is C12H18Cl2N2. The maximum atomic E-state index is 5.91. The molecule has 0 radical (unpaired) electrons. The summed E-state index contributed by atoms with van der Waals surface area (Å²) in [5.41, 5.74) is 1.01. The molecule has 0 atom stereocenters. The van der Waals surface area contributed by atoms with Gasteiger partial charge in [-0.25, -0.2) is 0 Å². The monoisotopic (exact) mass is 260 g/mol. The summed E-state index contributed by atoms with van der Waals surface area (Å²) >= 11 is 11.7. The molecule has 0 aromatic heterocycles. The number of benzene rings is 1. The summed E-state index contributed by atoms with van der Waals surface area (Å²) in [6, 6.07) is 5.58. The first kappa shape index (κ1) is 13.6. The maximum Gasteiger partial charge on any atom is 0.0612 e. The van der Waals surface area contributed by atoms with Gasteiger partial charge in [0.05, 0.1) is 10.0 Å². The van der Waals surface area contributed by atoms with Gasteiger partial charge < -0.3 is 10.6 Å². The van der Waals surface area contributed by atoms with Crippen molar-refractivity contribution >= 4 is 28.9 Å². The smallest absolute Gasteiger partial charge is 0.0612 e. The van der Waals surface area contributed by atoms with Crippen molar-refractivity contribution < 1.29 is 0 Å². The van der Waals surface area contributed by atoms with E-state index >= 15 is 0 Å². The van der Waals surface area contributed by atoms with Crippen molar-refractivity contribution in [1.82, 2.24) is 5.32 Å². The number of unbranched alkanes of at least 4 members (excludes halogenated alkanes) is 1. The largest absolute Gasteiger partial charge is 0.384 e. The van der Waals surface area contributed by atoms with E-state index in [-0.39, 0.29) is 0 Å². The Morgan fingerprint density at radius 3 is 2.56 bits per heavy atom. The molecule has 0 fully saturated rings. The number of hydrogen-bond acceptors (Lipinski definition) is 2. The molecule has 0 bridgehead atoms. The van der Waals surface area contributed by atoms with E-state index in [0.29, 0.717) is 10.0 Å². The Hall–Kier alpha value is -0.440. The van der Waals surface area contributed by atoms with Crippen LogP contribution < -0.4 is 10.6 Å². The molecule has 90 valence electrons. The van der Waals surface area contributed by atoms with Crippen molar-refractivity contribution in [2.75, 3.05) is 25.0 Å². The molecular weight excluding hydrogens is 243 g/mol. The lowest BCUT2D eigenvalue weighted by Crippen LogP contribution is -2.23. The summed E-state index contributed by atoms with van der Waals surface area (Å²) in [6.07, 6.45) is 2.46. The van der Waals surface area contributed by atoms with Gasteiger partial charge in [-0.1, -0.05) is 36.5 Å². The Bertz CT molecular complexity index is 316. The maximum absolute atomic E-state index is 5.91. The normalized spacial score (nSPS) is 10.4. The van der Waals surface area contributed by atoms with Crippen LogP contribution in [0.1, 0.15) is 19.8 Å². The highest BCUT2D eigenvalue weighted by Crippen LogP contribution is 2.24. The topological polar surface area (TPSA) is 24.1 Å². The fraction of sp³-hybridized carbons (Fsp3) is 0.500. The van der Waals surface area contributed by atoms with E-state index in [9.17, 15) is 0 Å². The fourth-order valence-corrected chi connectivity index (χ4v) is 1.63. The highest BCUT2D eigenvalue weighted by Gasteiger charge is 1.98. The summed E-state index contributed by atoms with van der Waals surface area (Å²) in [5.74, 6) is 0. The van der Waals surface area contributed by atoms with Gasteiger partial charge >= 0.3 is 0 Å².